The first-order chi connectivity index (χ1) is 15.4. The molecule has 0 fully saturated rings. The van der Waals surface area contributed by atoms with E-state index in [1.165, 1.54) is 31.3 Å². The van der Waals surface area contributed by atoms with Gasteiger partial charge in [-0.15, -0.1) is 0 Å². The van der Waals surface area contributed by atoms with Crippen LogP contribution in [0.1, 0.15) is 40.2 Å². The normalized spacial score (nSPS) is 14.4. The van der Waals surface area contributed by atoms with E-state index in [1.54, 1.807) is 0 Å². The van der Waals surface area contributed by atoms with Crippen LogP contribution in [0.4, 0.5) is 13.2 Å². The fraction of sp³-hybridized carbons (Fsp3) is 0.238. The molecular weight excluding hydrogens is 486 g/mol. The fourth-order valence-corrected chi connectivity index (χ4v) is 3.68. The minimum Gasteiger partial charge on any atom is -0.487 e. The number of aromatic nitrogens is 3. The number of pyridine rings is 1. The molecule has 0 amide bonds. The maximum absolute atomic E-state index is 14.0. The molecule has 0 radical (unpaired) electrons. The molecule has 2 heterocycles. The maximum Gasteiger partial charge on any atom is 0.422 e. The molecule has 1 aromatic carbocycles. The maximum atomic E-state index is 14.0. The minimum absolute atomic E-state index is 0.0300. The van der Waals surface area contributed by atoms with Crippen LogP contribution in [0.2, 0.25) is 10.2 Å². The molecule has 0 saturated heterocycles. The van der Waals surface area contributed by atoms with Crippen molar-refractivity contribution in [2.75, 3.05) is 0 Å². The molecule has 2 N–H and O–H groups in total. The highest BCUT2D eigenvalue weighted by Crippen LogP contribution is 2.50. The zero-order chi connectivity index (χ0) is 24.4. The van der Waals surface area contributed by atoms with Crippen molar-refractivity contribution in [1.29, 1.82) is 0 Å². The van der Waals surface area contributed by atoms with E-state index in [-0.39, 0.29) is 33.8 Å². The SMILES string of the molecule is CC(c1ccc(OCc2cnc(C(=O)O)cn2)cc1Cl)C(O)(c1ccnc(Cl)c1)C(F)(F)F. The van der Waals surface area contributed by atoms with Crippen LogP contribution in [-0.4, -0.2) is 37.3 Å². The van der Waals surface area contributed by atoms with Gasteiger partial charge in [0.1, 0.15) is 17.5 Å². The number of carbonyl (C=O) groups is 1. The van der Waals surface area contributed by atoms with Gasteiger partial charge in [0.05, 0.1) is 18.1 Å². The van der Waals surface area contributed by atoms with E-state index in [0.29, 0.717) is 5.69 Å². The predicted molar refractivity (Wildman–Crippen MR) is 112 cm³/mol. The molecule has 3 aromatic rings. The van der Waals surface area contributed by atoms with Crippen LogP contribution < -0.4 is 4.74 Å². The summed E-state index contributed by atoms with van der Waals surface area (Å²) in [6.45, 7) is 1.11. The van der Waals surface area contributed by atoms with Crippen LogP contribution in [0.5, 0.6) is 5.75 Å². The van der Waals surface area contributed by atoms with Gasteiger partial charge in [0, 0.05) is 17.1 Å². The highest BCUT2D eigenvalue weighted by molar-refractivity contribution is 6.31. The molecule has 33 heavy (non-hydrogen) atoms. The van der Waals surface area contributed by atoms with E-state index < -0.39 is 29.2 Å². The first-order valence-electron chi connectivity index (χ1n) is 9.31. The Hall–Kier alpha value is -2.95. The summed E-state index contributed by atoms with van der Waals surface area (Å²) >= 11 is 12.0. The number of hydrogen-bond acceptors (Lipinski definition) is 6. The number of rotatable bonds is 7. The predicted octanol–water partition coefficient (Wildman–Crippen LogP) is 5.01. The Bertz CT molecular complexity index is 1160. The summed E-state index contributed by atoms with van der Waals surface area (Å²) in [7, 11) is 0. The second-order valence-electron chi connectivity index (χ2n) is 7.02. The van der Waals surface area contributed by atoms with E-state index in [0.717, 1.165) is 24.5 Å². The minimum atomic E-state index is -5.05. The molecule has 7 nitrogen and oxygen atoms in total. The molecule has 0 aliphatic heterocycles. The van der Waals surface area contributed by atoms with E-state index in [2.05, 4.69) is 15.0 Å². The topological polar surface area (TPSA) is 105 Å². The van der Waals surface area contributed by atoms with Crippen molar-refractivity contribution in [3.05, 3.63) is 81.6 Å². The van der Waals surface area contributed by atoms with E-state index in [9.17, 15) is 23.1 Å². The van der Waals surface area contributed by atoms with Crippen molar-refractivity contribution < 1.29 is 32.9 Å². The Balaban J connectivity index is 1.84. The number of benzene rings is 1. The molecule has 12 heteroatoms. The largest absolute Gasteiger partial charge is 0.487 e. The van der Waals surface area contributed by atoms with Gasteiger partial charge in [0.25, 0.3) is 0 Å². The average Bonchev–Trinajstić information content (AvgIpc) is 2.76. The summed E-state index contributed by atoms with van der Waals surface area (Å²) in [5.74, 6) is -2.51. The molecule has 0 aliphatic carbocycles. The van der Waals surface area contributed by atoms with Gasteiger partial charge >= 0.3 is 12.1 Å². The lowest BCUT2D eigenvalue weighted by atomic mass is 9.78. The van der Waals surface area contributed by atoms with Crippen LogP contribution in [0, 0.1) is 0 Å². The van der Waals surface area contributed by atoms with Crippen molar-refractivity contribution >= 4 is 29.2 Å². The van der Waals surface area contributed by atoms with Crippen molar-refractivity contribution in [3.63, 3.8) is 0 Å². The summed E-state index contributed by atoms with van der Waals surface area (Å²) in [4.78, 5) is 22.1. The molecule has 0 bridgehead atoms. The molecular formula is C21H16Cl2F3N3O4. The van der Waals surface area contributed by atoms with Crippen molar-refractivity contribution in [2.45, 2.75) is 31.2 Å². The number of aromatic carboxylic acids is 1. The quantitative estimate of drug-likeness (QED) is 0.438. The number of alkyl halides is 3. The average molecular weight is 502 g/mol. The lowest BCUT2D eigenvalue weighted by Crippen LogP contribution is -2.46. The highest BCUT2D eigenvalue weighted by Gasteiger charge is 2.59. The number of nitrogens with zero attached hydrogens (tertiary/aromatic N) is 3. The Morgan fingerprint density at radius 2 is 1.85 bits per heavy atom. The number of carboxylic acids is 1. The van der Waals surface area contributed by atoms with Gasteiger partial charge in [-0.1, -0.05) is 36.2 Å². The molecule has 174 valence electrons. The monoisotopic (exact) mass is 501 g/mol. The zero-order valence-corrected chi connectivity index (χ0v) is 18.4. The molecule has 0 saturated carbocycles. The van der Waals surface area contributed by atoms with Crippen molar-refractivity contribution in [2.24, 2.45) is 0 Å². The Morgan fingerprint density at radius 3 is 2.39 bits per heavy atom. The first kappa shape index (κ1) is 24.7. The summed E-state index contributed by atoms with van der Waals surface area (Å²) < 4.78 is 47.6. The van der Waals surface area contributed by atoms with E-state index in [4.69, 9.17) is 33.0 Å². The third kappa shape index (κ3) is 5.18. The number of ether oxygens (including phenoxy) is 1. The van der Waals surface area contributed by atoms with Crippen molar-refractivity contribution in [1.82, 2.24) is 15.0 Å². The summed E-state index contributed by atoms with van der Waals surface area (Å²) in [6.07, 6.45) is -1.67. The summed E-state index contributed by atoms with van der Waals surface area (Å²) in [5.41, 5.74) is -3.63. The van der Waals surface area contributed by atoms with Crippen LogP contribution >= 0.6 is 23.2 Å². The fourth-order valence-electron chi connectivity index (χ4n) is 3.17. The molecule has 2 aromatic heterocycles. The Kier molecular flexibility index (Phi) is 7.11. The van der Waals surface area contributed by atoms with Crippen molar-refractivity contribution in [3.8, 4) is 5.75 Å². The number of aliphatic hydroxyl groups is 1. The summed E-state index contributed by atoms with van der Waals surface area (Å²) in [5, 5.41) is 19.4. The Labute approximate surface area is 195 Å². The molecule has 2 atom stereocenters. The zero-order valence-electron chi connectivity index (χ0n) is 16.8. The van der Waals surface area contributed by atoms with Gasteiger partial charge in [-0.2, -0.15) is 13.2 Å². The third-order valence-electron chi connectivity index (χ3n) is 4.98. The van der Waals surface area contributed by atoms with Gasteiger partial charge in [-0.3, -0.25) is 4.98 Å². The lowest BCUT2D eigenvalue weighted by molar-refractivity contribution is -0.274. The lowest BCUT2D eigenvalue weighted by Gasteiger charge is -2.37. The smallest absolute Gasteiger partial charge is 0.422 e. The van der Waals surface area contributed by atoms with E-state index in [1.807, 2.05) is 0 Å². The Morgan fingerprint density at radius 1 is 1.12 bits per heavy atom. The van der Waals surface area contributed by atoms with Crippen LogP contribution in [-0.2, 0) is 12.2 Å². The van der Waals surface area contributed by atoms with Gasteiger partial charge in [-0.25, -0.2) is 14.8 Å². The number of carboxylic acid groups (broad SMARTS) is 1. The van der Waals surface area contributed by atoms with Crippen LogP contribution in [0.3, 0.4) is 0 Å². The van der Waals surface area contributed by atoms with Gasteiger partial charge in [-0.05, 0) is 35.4 Å². The van der Waals surface area contributed by atoms with Gasteiger partial charge < -0.3 is 14.9 Å². The second kappa shape index (κ2) is 9.50. The molecule has 3 rings (SSSR count). The van der Waals surface area contributed by atoms with Crippen LogP contribution in [0.15, 0.2) is 48.9 Å². The van der Waals surface area contributed by atoms with Gasteiger partial charge in [0.2, 0.25) is 0 Å². The standard InChI is InChI=1S/C21H16Cl2F3N3O4/c1-11(20(32,21(24,25)26)12-4-5-27-18(23)6-12)15-3-2-14(7-16(15)22)33-10-13-8-29-17(9-28-13)19(30)31/h2-9,11,32H,10H2,1H3,(H,30,31). The second-order valence-corrected chi connectivity index (χ2v) is 7.82. The third-order valence-corrected chi connectivity index (χ3v) is 5.51. The molecule has 2 unspecified atom stereocenters. The first-order valence-corrected chi connectivity index (χ1v) is 10.1. The number of hydrogen-bond donors (Lipinski definition) is 2. The summed E-state index contributed by atoms with van der Waals surface area (Å²) in [6, 6.07) is 6.02. The van der Waals surface area contributed by atoms with E-state index >= 15 is 0 Å². The molecule has 0 spiro atoms. The number of halogens is 5. The highest BCUT2D eigenvalue weighted by atomic mass is 35.5. The molecule has 0 aliphatic rings. The van der Waals surface area contributed by atoms with Gasteiger partial charge in [0.15, 0.2) is 11.3 Å². The van der Waals surface area contributed by atoms with Crippen LogP contribution in [0.25, 0.3) is 0 Å².